The molecule has 5 amide bonds. The number of likely N-dealkylation sites (N-methyl/N-ethyl adjacent to an activating group) is 2. The fourth-order valence-electron chi connectivity index (χ4n) is 9.51. The lowest BCUT2D eigenvalue weighted by atomic mass is 9.84. The van der Waals surface area contributed by atoms with E-state index in [0.29, 0.717) is 107 Å². The van der Waals surface area contributed by atoms with Crippen molar-refractivity contribution < 1.29 is 46.4 Å². The lowest BCUT2D eigenvalue weighted by Crippen LogP contribution is -2.47. The average molecular weight is 998 g/mol. The summed E-state index contributed by atoms with van der Waals surface area (Å²) in [6.07, 6.45) is 3.47. The summed E-state index contributed by atoms with van der Waals surface area (Å²) in [4.78, 5) is 93.1. The van der Waals surface area contributed by atoms with E-state index in [-0.39, 0.29) is 50.0 Å². The van der Waals surface area contributed by atoms with Crippen LogP contribution >= 0.6 is 0 Å². The zero-order valence-corrected chi connectivity index (χ0v) is 43.3. The fraction of sp³-hybridized carbons (Fsp3) is 0.510. The summed E-state index contributed by atoms with van der Waals surface area (Å²) < 4.78 is 43.1. The van der Waals surface area contributed by atoms with Gasteiger partial charge < -0.3 is 34.6 Å². The largest absolute Gasteiger partial charge is 0.444 e. The molecule has 0 aliphatic carbocycles. The second-order valence-corrected chi connectivity index (χ2v) is 21.3. The van der Waals surface area contributed by atoms with Gasteiger partial charge in [0, 0.05) is 112 Å². The number of carbonyl (C=O) groups excluding carboxylic acids is 5. The van der Waals surface area contributed by atoms with Crippen LogP contribution in [0.15, 0.2) is 24.3 Å². The van der Waals surface area contributed by atoms with Crippen LogP contribution in [-0.4, -0.2) is 167 Å². The molecule has 3 aromatic rings. The first kappa shape index (κ1) is 52.6. The first-order valence-electron chi connectivity index (χ1n) is 24.2. The Bertz CT molecular complexity index is 2980. The maximum Gasteiger partial charge on any atom is 0.407 e. The van der Waals surface area contributed by atoms with Gasteiger partial charge in [0.25, 0.3) is 21.9 Å². The number of allylic oxidation sites excluding steroid dienone is 2. The van der Waals surface area contributed by atoms with E-state index in [4.69, 9.17) is 19.4 Å². The number of aromatic nitrogens is 4. The second kappa shape index (κ2) is 21.2. The average Bonchev–Trinajstić information content (AvgIpc) is 3.98. The number of carbonyl (C=O) groups is 5. The number of nitrogens with one attached hydrogen (secondary N) is 3. The molecule has 0 aromatic carbocycles. The molecule has 4 aliphatic rings. The van der Waals surface area contributed by atoms with Crippen LogP contribution in [0, 0.1) is 13.8 Å². The van der Waals surface area contributed by atoms with Crippen molar-refractivity contribution in [2.24, 2.45) is 0 Å². The minimum atomic E-state index is -4.29. The number of aromatic amines is 2. The zero-order valence-electron chi connectivity index (χ0n) is 42.4. The van der Waals surface area contributed by atoms with Crippen LogP contribution in [-0.2, 0) is 29.2 Å². The Morgan fingerprint density at radius 2 is 1.61 bits per heavy atom. The number of hydrogen-bond acceptors (Lipinski definition) is 12. The molecule has 0 unspecified atom stereocenters. The molecule has 382 valence electrons. The number of rotatable bonds is 15. The summed E-state index contributed by atoms with van der Waals surface area (Å²) in [6, 6.07) is 5.75. The molecule has 1 fully saturated rings. The van der Waals surface area contributed by atoms with Crippen molar-refractivity contribution >= 4 is 79.1 Å². The van der Waals surface area contributed by atoms with Crippen LogP contribution in [0.2, 0.25) is 0 Å². The highest BCUT2D eigenvalue weighted by Crippen LogP contribution is 2.44. The Kier molecular flexibility index (Phi) is 15.7. The highest BCUT2D eigenvalue weighted by atomic mass is 32.2. The molecule has 2 atom stereocenters. The lowest BCUT2D eigenvalue weighted by molar-refractivity contribution is -0.130. The van der Waals surface area contributed by atoms with Crippen LogP contribution in [0.1, 0.15) is 133 Å². The quantitative estimate of drug-likeness (QED) is 0.0753. The highest BCUT2D eigenvalue weighted by molar-refractivity contribution is 7.85. The number of ether oxygens (including phenoxy) is 2. The smallest absolute Gasteiger partial charge is 0.407 e. The normalized spacial score (nSPS) is 17.6. The van der Waals surface area contributed by atoms with E-state index >= 15 is 4.79 Å². The molecular formula is C51H67N9O10S. The molecule has 0 radical (unpaired) electrons. The van der Waals surface area contributed by atoms with Crippen LogP contribution in [0.25, 0.3) is 39.3 Å². The molecule has 7 rings (SSSR count). The van der Waals surface area contributed by atoms with E-state index in [1.54, 1.807) is 38.8 Å². The minimum Gasteiger partial charge on any atom is -0.444 e. The van der Waals surface area contributed by atoms with Gasteiger partial charge in [0.1, 0.15) is 5.60 Å². The molecule has 0 spiro atoms. The Morgan fingerprint density at radius 1 is 0.930 bits per heavy atom. The zero-order chi connectivity index (χ0) is 51.7. The molecule has 8 bridgehead atoms. The maximum atomic E-state index is 15.2. The molecule has 1 saturated heterocycles. The van der Waals surface area contributed by atoms with E-state index in [9.17, 15) is 32.1 Å². The number of morpholine rings is 1. The van der Waals surface area contributed by atoms with Crippen molar-refractivity contribution in [3.8, 4) is 0 Å². The third-order valence-electron chi connectivity index (χ3n) is 13.8. The van der Waals surface area contributed by atoms with Gasteiger partial charge in [-0.15, -0.1) is 0 Å². The molecular weight excluding hydrogens is 931 g/mol. The van der Waals surface area contributed by atoms with Crippen molar-refractivity contribution in [2.45, 2.75) is 92.1 Å². The van der Waals surface area contributed by atoms with Crippen LogP contribution in [0.5, 0.6) is 0 Å². The van der Waals surface area contributed by atoms with Gasteiger partial charge in [-0.25, -0.2) is 9.78 Å². The number of H-pyrrole nitrogens is 2. The van der Waals surface area contributed by atoms with Gasteiger partial charge in [0.2, 0.25) is 11.8 Å². The number of imide groups is 1. The molecule has 3 aromatic heterocycles. The van der Waals surface area contributed by atoms with Gasteiger partial charge in [-0.1, -0.05) is 13.8 Å². The van der Waals surface area contributed by atoms with E-state index in [1.165, 1.54) is 22.9 Å². The van der Waals surface area contributed by atoms with E-state index in [2.05, 4.69) is 20.2 Å². The van der Waals surface area contributed by atoms with E-state index in [0.717, 1.165) is 16.7 Å². The Morgan fingerprint density at radius 3 is 2.28 bits per heavy atom. The molecule has 7 heterocycles. The molecule has 19 nitrogen and oxygen atoms in total. The van der Waals surface area contributed by atoms with E-state index in [1.807, 2.05) is 52.8 Å². The van der Waals surface area contributed by atoms with Crippen molar-refractivity contribution in [2.75, 3.05) is 78.9 Å². The van der Waals surface area contributed by atoms with Crippen molar-refractivity contribution in [3.05, 3.63) is 74.9 Å². The van der Waals surface area contributed by atoms with Crippen molar-refractivity contribution in [1.82, 2.24) is 44.9 Å². The number of hydrogen-bond donors (Lipinski definition) is 4. The third kappa shape index (κ3) is 11.8. The monoisotopic (exact) mass is 997 g/mol. The first-order valence-corrected chi connectivity index (χ1v) is 25.8. The van der Waals surface area contributed by atoms with Gasteiger partial charge in [-0.2, -0.15) is 8.42 Å². The lowest BCUT2D eigenvalue weighted by Gasteiger charge is -2.31. The van der Waals surface area contributed by atoms with Crippen LogP contribution < -0.4 is 5.32 Å². The van der Waals surface area contributed by atoms with Crippen molar-refractivity contribution in [3.63, 3.8) is 0 Å². The van der Waals surface area contributed by atoms with Crippen LogP contribution in [0.4, 0.5) is 4.79 Å². The molecule has 0 saturated carbocycles. The maximum absolute atomic E-state index is 15.2. The van der Waals surface area contributed by atoms with E-state index < -0.39 is 51.2 Å². The minimum absolute atomic E-state index is 0.0905. The summed E-state index contributed by atoms with van der Waals surface area (Å²) in [5, 5.41) is 2.70. The van der Waals surface area contributed by atoms with Crippen molar-refractivity contribution in [1.29, 1.82) is 0 Å². The highest BCUT2D eigenvalue weighted by Gasteiger charge is 2.41. The summed E-state index contributed by atoms with van der Waals surface area (Å²) >= 11 is 0. The number of aryl methyl sites for hydroxylation is 2. The Balaban J connectivity index is 1.40. The van der Waals surface area contributed by atoms with Crippen LogP contribution in [0.3, 0.4) is 0 Å². The summed E-state index contributed by atoms with van der Waals surface area (Å²) in [5.41, 5.74) is 8.72. The first-order chi connectivity index (χ1) is 33.5. The molecule has 4 aliphatic heterocycles. The summed E-state index contributed by atoms with van der Waals surface area (Å²) in [5.74, 6) is -2.94. The topological polar surface area (TPSA) is 241 Å². The van der Waals surface area contributed by atoms with Gasteiger partial charge in [0.05, 0.1) is 52.7 Å². The molecule has 20 heteroatoms. The predicted molar refractivity (Wildman–Crippen MR) is 271 cm³/mol. The standard InChI is InChI=1S/C51H67N9O10S/c1-11-33-29(2)37-27-41-34(12-14-43(62)58(10)22-25-71(66,67)68)30(3)36(54-41)26-38-31(4)35(13-15-42(61)57(9)17-16-52-50(65)70-51(6,7)8)46(55-38)45-47-44(32(5)39(56-47)28-40(33)53-37)48(63)60(49(45)64)19-18-59-20-23-69-24-21-59/h12,14,26-28,31,35,54,56H,11,13,15-25H2,1-10H3,(H,52,65)(H,66,67,68)/b14-12+,36-26?,37-27?,38-26?,39-28?,40-28?,41-27?,46-45?/t31-,35-/m0/s1. The van der Waals surface area contributed by atoms with Gasteiger partial charge in [0.15, 0.2) is 0 Å². The molecule has 4 N–H and O–H groups in total. The number of fused-ring (bicyclic) bond motifs is 8. The fourth-order valence-corrected chi connectivity index (χ4v) is 10.0. The van der Waals surface area contributed by atoms with Gasteiger partial charge >= 0.3 is 6.09 Å². The van der Waals surface area contributed by atoms with Gasteiger partial charge in [-0.3, -0.25) is 38.5 Å². The number of amides is 5. The third-order valence-corrected chi connectivity index (χ3v) is 14.5. The predicted octanol–water partition coefficient (Wildman–Crippen LogP) is 6.21. The number of alkyl carbamates (subject to hydrolysis) is 1. The summed E-state index contributed by atoms with van der Waals surface area (Å²) in [6.45, 7) is 18.4. The Hall–Kier alpha value is -6.22. The number of nitrogens with zero attached hydrogens (tertiary/aromatic N) is 6. The Labute approximate surface area is 414 Å². The second-order valence-electron chi connectivity index (χ2n) is 19.7. The summed E-state index contributed by atoms with van der Waals surface area (Å²) in [7, 11) is -1.17. The van der Waals surface area contributed by atoms with Gasteiger partial charge in [-0.05, 0) is 101 Å². The molecule has 71 heavy (non-hydrogen) atoms. The SMILES string of the molecule is CCC1=C(C)c2cc3[nH]c(cc4nc(c5c6[nH]c(cc1n2)c(C)c6C(=O)N(CCN1CCOCC1)C5=O)[C@@H](CCC(=O)N(C)CCNC(=O)OC(C)(C)C)[C@@H]4C)c(C)c3/C=C/C(=O)N(C)CCS(=O)(=O)O.